The van der Waals surface area contributed by atoms with Gasteiger partial charge in [-0.2, -0.15) is 0 Å². The molecule has 0 bridgehead atoms. The van der Waals surface area contributed by atoms with Crippen molar-refractivity contribution in [2.75, 3.05) is 6.54 Å². The minimum atomic E-state index is -0.211. The van der Waals surface area contributed by atoms with Gasteiger partial charge in [0.15, 0.2) is 0 Å². The second kappa shape index (κ2) is 7.12. The molecule has 0 spiro atoms. The van der Waals surface area contributed by atoms with E-state index in [0.717, 1.165) is 53.9 Å². The number of allylic oxidation sites excluding steroid dienone is 3. The Labute approximate surface area is 177 Å². The summed E-state index contributed by atoms with van der Waals surface area (Å²) in [7, 11) is 0. The summed E-state index contributed by atoms with van der Waals surface area (Å²) in [5.74, 6) is 0.895. The normalized spacial score (nSPS) is 23.9. The molecule has 2 aliphatic rings. The van der Waals surface area contributed by atoms with Crippen LogP contribution in [0.2, 0.25) is 0 Å². The minimum absolute atomic E-state index is 0.0755. The van der Waals surface area contributed by atoms with E-state index >= 15 is 0 Å². The molecular weight excluding hydrogens is 373 g/mol. The maximum Gasteiger partial charge on any atom is 0.132 e. The lowest BCUT2D eigenvalue weighted by Gasteiger charge is -2.37. The summed E-state index contributed by atoms with van der Waals surface area (Å²) in [5, 5.41) is 0. The molecule has 2 atom stereocenters. The number of rotatable bonds is 3. The van der Waals surface area contributed by atoms with E-state index in [1.54, 1.807) is 12.1 Å². The molecule has 1 aliphatic carbocycles. The molecule has 1 fully saturated rings. The Morgan fingerprint density at radius 2 is 2.03 bits per heavy atom. The first kappa shape index (κ1) is 19.1. The largest absolute Gasteiger partial charge is 0.359 e. The molecular formula is C26H27FN3. The number of nitrogens with one attached hydrogen (secondary N) is 1. The van der Waals surface area contributed by atoms with Crippen LogP contribution < -0.4 is 0 Å². The molecule has 1 aromatic heterocycles. The van der Waals surface area contributed by atoms with Gasteiger partial charge in [0.1, 0.15) is 11.6 Å². The monoisotopic (exact) mass is 400 g/mol. The van der Waals surface area contributed by atoms with Crippen molar-refractivity contribution in [3.05, 3.63) is 88.7 Å². The molecule has 3 aromatic rings. The van der Waals surface area contributed by atoms with Crippen LogP contribution in [-0.4, -0.2) is 21.4 Å². The number of benzene rings is 2. The van der Waals surface area contributed by atoms with Gasteiger partial charge in [0.25, 0.3) is 0 Å². The van der Waals surface area contributed by atoms with E-state index in [-0.39, 0.29) is 17.3 Å². The third kappa shape index (κ3) is 3.15. The van der Waals surface area contributed by atoms with Crippen molar-refractivity contribution in [1.82, 2.24) is 14.9 Å². The number of fused-ring (bicyclic) bond motifs is 1. The fraction of sp³-hybridized carbons (Fsp3) is 0.346. The summed E-state index contributed by atoms with van der Waals surface area (Å²) >= 11 is 0. The van der Waals surface area contributed by atoms with Gasteiger partial charge in [-0.1, -0.05) is 18.2 Å². The number of halogens is 1. The quantitative estimate of drug-likeness (QED) is 0.579. The zero-order valence-corrected chi connectivity index (χ0v) is 17.8. The molecule has 30 heavy (non-hydrogen) atoms. The molecule has 2 heterocycles. The number of imidazole rings is 1. The fourth-order valence-corrected chi connectivity index (χ4v) is 4.83. The number of hydrogen-bond donors (Lipinski definition) is 1. The molecule has 2 aromatic carbocycles. The van der Waals surface area contributed by atoms with Crippen LogP contribution >= 0.6 is 0 Å². The van der Waals surface area contributed by atoms with Crippen molar-refractivity contribution in [1.29, 1.82) is 0 Å². The molecule has 153 valence electrons. The molecule has 1 unspecified atom stereocenters. The summed E-state index contributed by atoms with van der Waals surface area (Å²) in [6.07, 6.45) is 11.0. The van der Waals surface area contributed by atoms with Crippen molar-refractivity contribution in [3.8, 4) is 0 Å². The Hall–Kier alpha value is -2.88. The first-order valence-corrected chi connectivity index (χ1v) is 10.7. The Balaban J connectivity index is 1.51. The zero-order chi connectivity index (χ0) is 20.9. The second-order valence-electron chi connectivity index (χ2n) is 8.84. The lowest BCUT2D eigenvalue weighted by Crippen LogP contribution is -2.39. The van der Waals surface area contributed by atoms with E-state index in [4.69, 9.17) is 4.98 Å². The predicted octanol–water partition coefficient (Wildman–Crippen LogP) is 6.06. The molecule has 0 saturated carbocycles. The first-order chi connectivity index (χ1) is 14.4. The van der Waals surface area contributed by atoms with Crippen molar-refractivity contribution < 1.29 is 4.39 Å². The molecule has 4 heteroatoms. The standard InChI is InChI=1S/C26H27FN3/c1-17-13-23-24(14-18(17)2)29-25(28-23)26(3)11-6-12-30(26)22-10-5-8-20(16-22)19-7-4-9-21(27)15-19/h4-5,7,9-10,13-15,20H,6,8,11-12H2,1-3H3,(H,28,29)/t20?,26-/m0/s1. The number of likely N-dealkylation sites (tertiary alicyclic amines) is 1. The van der Waals surface area contributed by atoms with Crippen LogP contribution in [0.3, 0.4) is 0 Å². The summed E-state index contributed by atoms with van der Waals surface area (Å²) in [5.41, 5.74) is 6.51. The van der Waals surface area contributed by atoms with Crippen molar-refractivity contribution in [2.24, 2.45) is 0 Å². The molecule has 0 amide bonds. The van der Waals surface area contributed by atoms with Crippen LogP contribution in [0.5, 0.6) is 0 Å². The number of aromatic nitrogens is 2. The van der Waals surface area contributed by atoms with E-state index < -0.39 is 0 Å². The van der Waals surface area contributed by atoms with Crippen LogP contribution in [0.15, 0.2) is 54.2 Å². The van der Waals surface area contributed by atoms with Gasteiger partial charge in [-0.3, -0.25) is 0 Å². The van der Waals surface area contributed by atoms with Gasteiger partial charge in [0.2, 0.25) is 0 Å². The van der Waals surface area contributed by atoms with Gasteiger partial charge in [0, 0.05) is 18.2 Å². The zero-order valence-electron chi connectivity index (χ0n) is 17.8. The molecule has 1 N–H and O–H groups in total. The molecule has 1 aliphatic heterocycles. The SMILES string of the molecule is Cc1cc2nc([C@]3(C)CCCN3C3=[C]C(c4cccc(F)c4)CC=C3)[nH]c2cc1C. The van der Waals surface area contributed by atoms with Crippen LogP contribution in [0, 0.1) is 25.7 Å². The molecule has 1 radical (unpaired) electrons. The lowest BCUT2D eigenvalue weighted by atomic mass is 9.90. The number of nitrogens with zero attached hydrogens (tertiary/aromatic N) is 2. The minimum Gasteiger partial charge on any atom is -0.359 e. The van der Waals surface area contributed by atoms with Gasteiger partial charge < -0.3 is 9.88 Å². The van der Waals surface area contributed by atoms with Crippen LogP contribution in [0.4, 0.5) is 4.39 Å². The first-order valence-electron chi connectivity index (χ1n) is 10.7. The Morgan fingerprint density at radius 3 is 2.87 bits per heavy atom. The van der Waals surface area contributed by atoms with E-state index in [2.05, 4.69) is 61.0 Å². The maximum atomic E-state index is 13.7. The van der Waals surface area contributed by atoms with E-state index in [9.17, 15) is 4.39 Å². The van der Waals surface area contributed by atoms with Gasteiger partial charge in [0.05, 0.1) is 16.6 Å². The third-order valence-corrected chi connectivity index (χ3v) is 6.76. The summed E-state index contributed by atoms with van der Waals surface area (Å²) in [6, 6.07) is 11.2. The number of aryl methyl sites for hydroxylation is 2. The third-order valence-electron chi connectivity index (χ3n) is 6.76. The van der Waals surface area contributed by atoms with Crippen molar-refractivity contribution in [2.45, 2.75) is 51.5 Å². The van der Waals surface area contributed by atoms with Crippen LogP contribution in [0.25, 0.3) is 11.0 Å². The van der Waals surface area contributed by atoms with Gasteiger partial charge in [-0.05, 0) is 93.1 Å². The Morgan fingerprint density at radius 1 is 1.20 bits per heavy atom. The summed E-state index contributed by atoms with van der Waals surface area (Å²) in [4.78, 5) is 11.0. The Bertz CT molecular complexity index is 1130. The van der Waals surface area contributed by atoms with Crippen LogP contribution in [-0.2, 0) is 5.54 Å². The van der Waals surface area contributed by atoms with E-state index in [1.165, 1.54) is 17.2 Å². The molecule has 3 nitrogen and oxygen atoms in total. The smallest absolute Gasteiger partial charge is 0.132 e. The predicted molar refractivity (Wildman–Crippen MR) is 119 cm³/mol. The molecule has 5 rings (SSSR count). The number of aromatic amines is 1. The highest BCUT2D eigenvalue weighted by molar-refractivity contribution is 5.77. The summed E-state index contributed by atoms with van der Waals surface area (Å²) < 4.78 is 13.7. The highest BCUT2D eigenvalue weighted by Crippen LogP contribution is 2.42. The van der Waals surface area contributed by atoms with Crippen LogP contribution in [0.1, 0.15) is 54.6 Å². The van der Waals surface area contributed by atoms with E-state index in [1.807, 2.05) is 6.07 Å². The molecule has 1 saturated heterocycles. The average Bonchev–Trinajstić information content (AvgIpc) is 3.33. The number of H-pyrrole nitrogens is 1. The van der Waals surface area contributed by atoms with Crippen molar-refractivity contribution >= 4 is 11.0 Å². The second-order valence-corrected chi connectivity index (χ2v) is 8.84. The maximum absolute atomic E-state index is 13.7. The van der Waals surface area contributed by atoms with Gasteiger partial charge in [-0.25, -0.2) is 9.37 Å². The fourth-order valence-electron chi connectivity index (χ4n) is 4.83. The topological polar surface area (TPSA) is 31.9 Å². The van der Waals surface area contributed by atoms with Gasteiger partial charge in [-0.15, -0.1) is 0 Å². The average molecular weight is 401 g/mol. The summed E-state index contributed by atoms with van der Waals surface area (Å²) in [6.45, 7) is 7.50. The van der Waals surface area contributed by atoms with Crippen molar-refractivity contribution in [3.63, 3.8) is 0 Å². The van der Waals surface area contributed by atoms with E-state index in [0.29, 0.717) is 0 Å². The highest BCUT2D eigenvalue weighted by Gasteiger charge is 2.41. The Kier molecular flexibility index (Phi) is 4.53. The number of hydrogen-bond acceptors (Lipinski definition) is 2. The lowest BCUT2D eigenvalue weighted by molar-refractivity contribution is 0.199. The highest BCUT2D eigenvalue weighted by atomic mass is 19.1. The van der Waals surface area contributed by atoms with Gasteiger partial charge >= 0.3 is 0 Å².